The van der Waals surface area contributed by atoms with Gasteiger partial charge in [-0.3, -0.25) is 14.5 Å². The minimum Gasteiger partial charge on any atom is -0.360 e. The zero-order chi connectivity index (χ0) is 18.8. The second-order valence-corrected chi connectivity index (χ2v) is 8.14. The van der Waals surface area contributed by atoms with E-state index in [0.29, 0.717) is 37.8 Å². The first-order chi connectivity index (χ1) is 13.1. The number of piperazine rings is 1. The summed E-state index contributed by atoms with van der Waals surface area (Å²) in [6.45, 7) is 4.77. The van der Waals surface area contributed by atoms with Gasteiger partial charge in [-0.1, -0.05) is 23.4 Å². The molecule has 142 valence electrons. The third-order valence-corrected chi connectivity index (χ3v) is 6.17. The van der Waals surface area contributed by atoms with Gasteiger partial charge in [0.1, 0.15) is 5.76 Å². The maximum atomic E-state index is 12.8. The van der Waals surface area contributed by atoms with Gasteiger partial charge in [-0.15, -0.1) is 11.8 Å². The molecule has 0 aliphatic carbocycles. The SMILES string of the molecule is Cc1cc(NC(=O)CN2CCN(C(=O)[C@@H]3Cc4ccccc4S3)CC2)no1. The van der Waals surface area contributed by atoms with Gasteiger partial charge in [0, 0.05) is 37.1 Å². The molecule has 2 amide bonds. The van der Waals surface area contributed by atoms with E-state index >= 15 is 0 Å². The van der Waals surface area contributed by atoms with E-state index < -0.39 is 0 Å². The van der Waals surface area contributed by atoms with Gasteiger partial charge in [0.15, 0.2) is 5.82 Å². The monoisotopic (exact) mass is 386 g/mol. The summed E-state index contributed by atoms with van der Waals surface area (Å²) in [6.07, 6.45) is 0.805. The van der Waals surface area contributed by atoms with Crippen LogP contribution in [0.2, 0.25) is 0 Å². The van der Waals surface area contributed by atoms with Crippen LogP contribution >= 0.6 is 11.8 Å². The van der Waals surface area contributed by atoms with Crippen LogP contribution in [0.3, 0.4) is 0 Å². The Labute approximate surface area is 162 Å². The van der Waals surface area contributed by atoms with Crippen molar-refractivity contribution in [1.29, 1.82) is 0 Å². The van der Waals surface area contributed by atoms with Crippen molar-refractivity contribution in [2.75, 3.05) is 38.0 Å². The van der Waals surface area contributed by atoms with Gasteiger partial charge >= 0.3 is 0 Å². The van der Waals surface area contributed by atoms with Crippen LogP contribution in [-0.2, 0) is 16.0 Å². The van der Waals surface area contributed by atoms with Crippen LogP contribution in [0.5, 0.6) is 0 Å². The molecule has 0 bridgehead atoms. The number of nitrogens with one attached hydrogen (secondary N) is 1. The maximum absolute atomic E-state index is 12.8. The van der Waals surface area contributed by atoms with E-state index in [1.54, 1.807) is 24.8 Å². The second kappa shape index (κ2) is 7.74. The predicted octanol–water partition coefficient (Wildman–Crippen LogP) is 1.78. The molecular formula is C19H22N4O3S. The lowest BCUT2D eigenvalue weighted by molar-refractivity contribution is -0.132. The lowest BCUT2D eigenvalue weighted by Crippen LogP contribution is -2.52. The number of carbonyl (C=O) groups is 2. The summed E-state index contributed by atoms with van der Waals surface area (Å²) in [7, 11) is 0. The zero-order valence-electron chi connectivity index (χ0n) is 15.2. The Bertz CT molecular complexity index is 820. The standard InChI is InChI=1S/C19H22N4O3S/c1-13-10-17(21-26-13)20-18(24)12-22-6-8-23(9-7-22)19(25)16-11-14-4-2-3-5-15(14)27-16/h2-5,10,16H,6-9,11-12H2,1H3,(H,20,21,24)/t16-/m0/s1. The Hall–Kier alpha value is -2.32. The van der Waals surface area contributed by atoms with Crippen LogP contribution in [-0.4, -0.2) is 64.7 Å². The van der Waals surface area contributed by atoms with Crippen LogP contribution in [0.4, 0.5) is 5.82 Å². The van der Waals surface area contributed by atoms with Gasteiger partial charge in [0.05, 0.1) is 11.8 Å². The van der Waals surface area contributed by atoms with Crippen molar-refractivity contribution in [3.05, 3.63) is 41.7 Å². The largest absolute Gasteiger partial charge is 0.360 e. The Morgan fingerprint density at radius 3 is 2.74 bits per heavy atom. The van der Waals surface area contributed by atoms with Gasteiger partial charge in [0.25, 0.3) is 0 Å². The fourth-order valence-electron chi connectivity index (χ4n) is 3.46. The number of amides is 2. The topological polar surface area (TPSA) is 78.7 Å². The second-order valence-electron chi connectivity index (χ2n) is 6.89. The fraction of sp³-hybridized carbons (Fsp3) is 0.421. The molecule has 2 aliphatic rings. The van der Waals surface area contributed by atoms with Crippen LogP contribution in [0.15, 0.2) is 39.8 Å². The average Bonchev–Trinajstić information content (AvgIpc) is 3.27. The summed E-state index contributed by atoms with van der Waals surface area (Å²) >= 11 is 1.67. The van der Waals surface area contributed by atoms with E-state index in [4.69, 9.17) is 4.52 Å². The van der Waals surface area contributed by atoms with E-state index in [1.807, 2.05) is 17.0 Å². The number of rotatable bonds is 4. The summed E-state index contributed by atoms with van der Waals surface area (Å²) in [5, 5.41) is 6.47. The molecule has 1 aromatic heterocycles. The number of nitrogens with zero attached hydrogens (tertiary/aromatic N) is 3. The molecule has 3 heterocycles. The van der Waals surface area contributed by atoms with Gasteiger partial charge in [-0.05, 0) is 25.0 Å². The van der Waals surface area contributed by atoms with Crippen molar-refractivity contribution in [2.24, 2.45) is 0 Å². The number of benzene rings is 1. The lowest BCUT2D eigenvalue weighted by atomic mass is 10.1. The zero-order valence-corrected chi connectivity index (χ0v) is 16.0. The first-order valence-corrected chi connectivity index (χ1v) is 9.95. The number of fused-ring (bicyclic) bond motifs is 1. The first-order valence-electron chi connectivity index (χ1n) is 9.07. The maximum Gasteiger partial charge on any atom is 0.239 e. The third kappa shape index (κ3) is 4.17. The summed E-state index contributed by atoms with van der Waals surface area (Å²) in [4.78, 5) is 30.2. The summed E-state index contributed by atoms with van der Waals surface area (Å²) in [5.74, 6) is 1.18. The molecule has 1 aromatic carbocycles. The average molecular weight is 386 g/mol. The van der Waals surface area contributed by atoms with Gasteiger partial charge < -0.3 is 14.7 Å². The highest BCUT2D eigenvalue weighted by molar-refractivity contribution is 8.01. The molecule has 7 nitrogen and oxygen atoms in total. The normalized spacial score (nSPS) is 19.7. The van der Waals surface area contributed by atoms with Crippen molar-refractivity contribution < 1.29 is 14.1 Å². The first kappa shape index (κ1) is 18.1. The van der Waals surface area contributed by atoms with Crippen molar-refractivity contribution in [3.8, 4) is 0 Å². The number of hydrogen-bond donors (Lipinski definition) is 1. The van der Waals surface area contributed by atoms with Gasteiger partial charge in [-0.2, -0.15) is 0 Å². The van der Waals surface area contributed by atoms with E-state index in [1.165, 1.54) is 10.5 Å². The highest BCUT2D eigenvalue weighted by Gasteiger charge is 2.33. The van der Waals surface area contributed by atoms with Gasteiger partial charge in [0.2, 0.25) is 11.8 Å². The van der Waals surface area contributed by atoms with Crippen molar-refractivity contribution in [2.45, 2.75) is 23.5 Å². The molecule has 1 N–H and O–H groups in total. The third-order valence-electron chi connectivity index (χ3n) is 4.87. The molecular weight excluding hydrogens is 364 g/mol. The molecule has 0 radical (unpaired) electrons. The van der Waals surface area contributed by atoms with Crippen molar-refractivity contribution in [1.82, 2.24) is 15.0 Å². The highest BCUT2D eigenvalue weighted by atomic mass is 32.2. The molecule has 1 saturated heterocycles. The van der Waals surface area contributed by atoms with Crippen LogP contribution in [0.1, 0.15) is 11.3 Å². The van der Waals surface area contributed by atoms with Crippen molar-refractivity contribution in [3.63, 3.8) is 0 Å². The van der Waals surface area contributed by atoms with E-state index in [-0.39, 0.29) is 23.6 Å². The summed E-state index contributed by atoms with van der Waals surface area (Å²) < 4.78 is 4.94. The minimum atomic E-state index is -0.120. The summed E-state index contributed by atoms with van der Waals surface area (Å²) in [6, 6.07) is 9.91. The highest BCUT2D eigenvalue weighted by Crippen LogP contribution is 2.37. The minimum absolute atomic E-state index is 0.0207. The molecule has 8 heteroatoms. The molecule has 27 heavy (non-hydrogen) atoms. The number of thioether (sulfide) groups is 1. The van der Waals surface area contributed by atoms with E-state index in [0.717, 1.165) is 6.42 Å². The van der Waals surface area contributed by atoms with Crippen LogP contribution < -0.4 is 5.32 Å². The van der Waals surface area contributed by atoms with Crippen molar-refractivity contribution >= 4 is 29.4 Å². The van der Waals surface area contributed by atoms with E-state index in [2.05, 4.69) is 27.5 Å². The Morgan fingerprint density at radius 1 is 1.26 bits per heavy atom. The molecule has 0 unspecified atom stereocenters. The molecule has 2 aliphatic heterocycles. The Kier molecular flexibility index (Phi) is 5.18. The lowest BCUT2D eigenvalue weighted by Gasteiger charge is -2.35. The van der Waals surface area contributed by atoms with Gasteiger partial charge in [-0.25, -0.2) is 0 Å². The Balaban J connectivity index is 1.24. The number of aromatic nitrogens is 1. The quantitative estimate of drug-likeness (QED) is 0.863. The molecule has 0 saturated carbocycles. The Morgan fingerprint density at radius 2 is 2.04 bits per heavy atom. The fourth-order valence-corrected chi connectivity index (χ4v) is 4.74. The molecule has 1 fully saturated rings. The number of hydrogen-bond acceptors (Lipinski definition) is 6. The summed E-state index contributed by atoms with van der Waals surface area (Å²) in [5.41, 5.74) is 1.26. The van der Waals surface area contributed by atoms with Crippen LogP contribution in [0.25, 0.3) is 0 Å². The molecule has 1 atom stereocenters. The molecule has 4 rings (SSSR count). The van der Waals surface area contributed by atoms with E-state index in [9.17, 15) is 9.59 Å². The molecule has 0 spiro atoms. The number of aryl methyl sites for hydroxylation is 1. The smallest absolute Gasteiger partial charge is 0.239 e. The van der Waals surface area contributed by atoms with Crippen LogP contribution in [0, 0.1) is 6.92 Å². The number of anilines is 1. The number of carbonyl (C=O) groups excluding carboxylic acids is 2. The molecule has 2 aromatic rings. The predicted molar refractivity (Wildman–Crippen MR) is 103 cm³/mol.